The smallest absolute Gasteiger partial charge is 0.195 e. The van der Waals surface area contributed by atoms with E-state index in [2.05, 4.69) is 0 Å². The Morgan fingerprint density at radius 3 is 2.00 bits per heavy atom. The molecule has 3 aromatic rings. The van der Waals surface area contributed by atoms with E-state index in [4.69, 9.17) is 15.2 Å². The fraction of sp³-hybridized carbons (Fsp3) is 0.0952. The summed E-state index contributed by atoms with van der Waals surface area (Å²) in [5.41, 5.74) is 9.49. The quantitative estimate of drug-likeness (QED) is 0.562. The highest BCUT2D eigenvalue weighted by Gasteiger charge is 2.13. The average molecular weight is 333 g/mol. The molecule has 0 atom stereocenters. The number of nitrogens with two attached hydrogens (primary N) is 1. The Bertz CT molecular complexity index is 882. The van der Waals surface area contributed by atoms with E-state index in [9.17, 15) is 4.79 Å². The summed E-state index contributed by atoms with van der Waals surface area (Å²) in [7, 11) is 3.21. The van der Waals surface area contributed by atoms with E-state index >= 15 is 0 Å². The van der Waals surface area contributed by atoms with Crippen LogP contribution in [0.3, 0.4) is 0 Å². The first-order valence-electron chi connectivity index (χ1n) is 7.85. The normalized spacial score (nSPS) is 10.3. The maximum absolute atomic E-state index is 12.6. The van der Waals surface area contributed by atoms with Gasteiger partial charge in [-0.15, -0.1) is 0 Å². The predicted octanol–water partition coefficient (Wildman–Crippen LogP) is 4.18. The monoisotopic (exact) mass is 333 g/mol. The number of nitrogen functional groups attached to an aromatic ring is 1. The SMILES string of the molecule is COc1cc(OC)cc(-c2ccc(C(=O)c3ccccc3)c(N)c2)c1. The molecule has 4 heteroatoms. The zero-order valence-electron chi connectivity index (χ0n) is 14.2. The van der Waals surface area contributed by atoms with Crippen molar-refractivity contribution in [2.45, 2.75) is 0 Å². The number of hydrogen-bond acceptors (Lipinski definition) is 4. The first-order chi connectivity index (χ1) is 12.1. The summed E-state index contributed by atoms with van der Waals surface area (Å²) in [6.45, 7) is 0. The molecule has 3 aromatic carbocycles. The summed E-state index contributed by atoms with van der Waals surface area (Å²) >= 11 is 0. The van der Waals surface area contributed by atoms with Gasteiger partial charge in [0.05, 0.1) is 14.2 Å². The second-order valence-corrected chi connectivity index (χ2v) is 5.60. The van der Waals surface area contributed by atoms with Crippen LogP contribution in [0.25, 0.3) is 11.1 Å². The van der Waals surface area contributed by atoms with Crippen molar-refractivity contribution in [2.24, 2.45) is 0 Å². The fourth-order valence-electron chi connectivity index (χ4n) is 2.67. The van der Waals surface area contributed by atoms with Crippen molar-refractivity contribution in [3.05, 3.63) is 77.9 Å². The van der Waals surface area contributed by atoms with Gasteiger partial charge in [0.2, 0.25) is 0 Å². The minimum absolute atomic E-state index is 0.0899. The van der Waals surface area contributed by atoms with Gasteiger partial charge in [-0.25, -0.2) is 0 Å². The molecule has 0 saturated carbocycles. The largest absolute Gasteiger partial charge is 0.497 e. The second-order valence-electron chi connectivity index (χ2n) is 5.60. The Balaban J connectivity index is 1.99. The summed E-state index contributed by atoms with van der Waals surface area (Å²) in [4.78, 5) is 12.6. The second kappa shape index (κ2) is 7.09. The molecule has 126 valence electrons. The Morgan fingerprint density at radius 1 is 0.800 bits per heavy atom. The number of methoxy groups -OCH3 is 2. The minimum Gasteiger partial charge on any atom is -0.497 e. The molecule has 2 N–H and O–H groups in total. The average Bonchev–Trinajstić information content (AvgIpc) is 2.67. The third-order valence-electron chi connectivity index (χ3n) is 4.02. The van der Waals surface area contributed by atoms with Crippen molar-refractivity contribution in [2.75, 3.05) is 20.0 Å². The highest BCUT2D eigenvalue weighted by atomic mass is 16.5. The van der Waals surface area contributed by atoms with Gasteiger partial charge in [-0.05, 0) is 35.4 Å². The third-order valence-corrected chi connectivity index (χ3v) is 4.02. The van der Waals surface area contributed by atoms with Gasteiger partial charge in [0, 0.05) is 22.9 Å². The van der Waals surface area contributed by atoms with E-state index in [0.29, 0.717) is 28.3 Å². The van der Waals surface area contributed by atoms with E-state index in [-0.39, 0.29) is 5.78 Å². The highest BCUT2D eigenvalue weighted by molar-refractivity contribution is 6.12. The van der Waals surface area contributed by atoms with E-state index in [1.54, 1.807) is 44.6 Å². The lowest BCUT2D eigenvalue weighted by Gasteiger charge is -2.11. The molecule has 0 heterocycles. The van der Waals surface area contributed by atoms with Crippen molar-refractivity contribution in [3.63, 3.8) is 0 Å². The standard InChI is InChI=1S/C21H19NO3/c1-24-17-10-16(11-18(13-17)25-2)15-8-9-19(20(22)12-15)21(23)14-6-4-3-5-7-14/h3-13H,22H2,1-2H3. The number of anilines is 1. The molecule has 0 radical (unpaired) electrons. The van der Waals surface area contributed by atoms with Gasteiger partial charge >= 0.3 is 0 Å². The lowest BCUT2D eigenvalue weighted by atomic mass is 9.97. The third kappa shape index (κ3) is 3.48. The molecule has 0 aliphatic rings. The van der Waals surface area contributed by atoms with Crippen LogP contribution in [0, 0.1) is 0 Å². The van der Waals surface area contributed by atoms with E-state index in [1.807, 2.05) is 36.4 Å². The lowest BCUT2D eigenvalue weighted by molar-refractivity contribution is 0.103. The maximum atomic E-state index is 12.6. The first-order valence-corrected chi connectivity index (χ1v) is 7.85. The molecular weight excluding hydrogens is 314 g/mol. The highest BCUT2D eigenvalue weighted by Crippen LogP contribution is 2.31. The van der Waals surface area contributed by atoms with E-state index < -0.39 is 0 Å². The van der Waals surface area contributed by atoms with Crippen LogP contribution in [0.4, 0.5) is 5.69 Å². The first kappa shape index (κ1) is 16.6. The summed E-state index contributed by atoms with van der Waals surface area (Å²) < 4.78 is 10.6. The fourth-order valence-corrected chi connectivity index (χ4v) is 2.67. The molecule has 3 rings (SSSR count). The van der Waals surface area contributed by atoms with Crippen LogP contribution in [0.2, 0.25) is 0 Å². The molecule has 4 nitrogen and oxygen atoms in total. The van der Waals surface area contributed by atoms with E-state index in [0.717, 1.165) is 11.1 Å². The van der Waals surface area contributed by atoms with Gasteiger partial charge in [0.25, 0.3) is 0 Å². The van der Waals surface area contributed by atoms with Gasteiger partial charge in [-0.1, -0.05) is 36.4 Å². The van der Waals surface area contributed by atoms with Crippen molar-refractivity contribution < 1.29 is 14.3 Å². The van der Waals surface area contributed by atoms with Crippen molar-refractivity contribution in [1.82, 2.24) is 0 Å². The molecule has 0 saturated heterocycles. The van der Waals surface area contributed by atoms with Gasteiger partial charge in [0.1, 0.15) is 11.5 Å². The number of benzene rings is 3. The van der Waals surface area contributed by atoms with Crippen LogP contribution in [-0.2, 0) is 0 Å². The molecule has 0 bridgehead atoms. The summed E-state index contributed by atoms with van der Waals surface area (Å²) in [6, 6.07) is 20.1. The molecule has 0 spiro atoms. The minimum atomic E-state index is -0.0899. The van der Waals surface area contributed by atoms with Gasteiger partial charge in [0.15, 0.2) is 5.78 Å². The van der Waals surface area contributed by atoms with E-state index in [1.165, 1.54) is 0 Å². The molecule has 0 aliphatic heterocycles. The molecule has 25 heavy (non-hydrogen) atoms. The van der Waals surface area contributed by atoms with Crippen LogP contribution < -0.4 is 15.2 Å². The van der Waals surface area contributed by atoms with Gasteiger partial charge in [-0.3, -0.25) is 4.79 Å². The van der Waals surface area contributed by atoms with Crippen molar-refractivity contribution in [3.8, 4) is 22.6 Å². The molecular formula is C21H19NO3. The molecule has 0 aliphatic carbocycles. The molecule has 0 aromatic heterocycles. The molecule has 0 fully saturated rings. The van der Waals surface area contributed by atoms with Crippen LogP contribution in [-0.4, -0.2) is 20.0 Å². The van der Waals surface area contributed by atoms with Crippen LogP contribution >= 0.6 is 0 Å². The maximum Gasteiger partial charge on any atom is 0.195 e. The zero-order chi connectivity index (χ0) is 17.8. The molecule has 0 unspecified atom stereocenters. The van der Waals surface area contributed by atoms with Crippen molar-refractivity contribution in [1.29, 1.82) is 0 Å². The number of hydrogen-bond donors (Lipinski definition) is 1. The Morgan fingerprint density at radius 2 is 1.44 bits per heavy atom. The zero-order valence-corrected chi connectivity index (χ0v) is 14.2. The lowest BCUT2D eigenvalue weighted by Crippen LogP contribution is -2.05. The summed E-state index contributed by atoms with van der Waals surface area (Å²) in [5.74, 6) is 1.29. The van der Waals surface area contributed by atoms with Crippen LogP contribution in [0.15, 0.2) is 66.7 Å². The Labute approximate surface area is 146 Å². The number of ether oxygens (including phenoxy) is 2. The van der Waals surface area contributed by atoms with Gasteiger partial charge in [-0.2, -0.15) is 0 Å². The number of rotatable bonds is 5. The molecule has 0 amide bonds. The Kier molecular flexibility index (Phi) is 4.70. The number of carbonyl (C=O) groups is 1. The Hall–Kier alpha value is -3.27. The summed E-state index contributed by atoms with van der Waals surface area (Å²) in [6.07, 6.45) is 0. The van der Waals surface area contributed by atoms with Crippen LogP contribution in [0.5, 0.6) is 11.5 Å². The van der Waals surface area contributed by atoms with Crippen molar-refractivity contribution >= 4 is 11.5 Å². The van der Waals surface area contributed by atoms with Crippen LogP contribution in [0.1, 0.15) is 15.9 Å². The number of carbonyl (C=O) groups excluding carboxylic acids is 1. The summed E-state index contributed by atoms with van der Waals surface area (Å²) in [5, 5.41) is 0. The van der Waals surface area contributed by atoms with Gasteiger partial charge < -0.3 is 15.2 Å². The number of ketones is 1. The predicted molar refractivity (Wildman–Crippen MR) is 99.3 cm³/mol. The topological polar surface area (TPSA) is 61.5 Å².